The Bertz CT molecular complexity index is 957. The number of aromatic nitrogens is 1. The van der Waals surface area contributed by atoms with E-state index in [9.17, 15) is 14.9 Å². The Kier molecular flexibility index (Phi) is 5.77. The van der Waals surface area contributed by atoms with Crippen molar-refractivity contribution in [3.05, 3.63) is 75.3 Å². The first kappa shape index (κ1) is 18.5. The molecule has 0 spiro atoms. The molecular weight excluding hydrogens is 364 g/mol. The topological polar surface area (TPSA) is 97.2 Å². The molecule has 7 nitrogen and oxygen atoms in total. The number of nitrogens with zero attached hydrogens (tertiary/aromatic N) is 2. The van der Waals surface area contributed by atoms with Gasteiger partial charge in [0, 0.05) is 24.7 Å². The molecule has 0 saturated heterocycles. The summed E-state index contributed by atoms with van der Waals surface area (Å²) in [6.45, 7) is 2.52. The molecule has 0 bridgehead atoms. The minimum atomic E-state index is -0.438. The number of carbonyl (C=O) groups excluding carboxylic acids is 1. The molecule has 0 fully saturated rings. The molecule has 0 aliphatic heterocycles. The minimum absolute atomic E-state index is 0.00892. The highest BCUT2D eigenvalue weighted by atomic mass is 32.1. The second-order valence-corrected chi connectivity index (χ2v) is 6.76. The fourth-order valence-corrected chi connectivity index (χ4v) is 3.54. The van der Waals surface area contributed by atoms with E-state index < -0.39 is 4.92 Å². The normalized spacial score (nSPS) is 10.4. The maximum absolute atomic E-state index is 12.4. The highest BCUT2D eigenvalue weighted by Gasteiger charge is 2.16. The molecule has 0 atom stereocenters. The molecule has 3 aromatic rings. The average Bonchev–Trinajstić information content (AvgIpc) is 3.08. The van der Waals surface area contributed by atoms with Crippen molar-refractivity contribution in [2.24, 2.45) is 0 Å². The summed E-state index contributed by atoms with van der Waals surface area (Å²) in [6, 6.07) is 16.1. The second-order valence-electron chi connectivity index (χ2n) is 5.76. The maximum Gasteiger partial charge on any atom is 0.292 e. The number of carbonyl (C=O) groups is 1. The van der Waals surface area contributed by atoms with Crippen LogP contribution in [-0.2, 0) is 0 Å². The van der Waals surface area contributed by atoms with Crippen molar-refractivity contribution >= 4 is 28.6 Å². The molecule has 1 amide bonds. The minimum Gasteiger partial charge on any atom is -0.378 e. The molecule has 0 aliphatic carbocycles. The first-order valence-electron chi connectivity index (χ1n) is 8.34. The maximum atomic E-state index is 12.4. The van der Waals surface area contributed by atoms with Crippen LogP contribution in [-0.4, -0.2) is 28.9 Å². The van der Waals surface area contributed by atoms with Crippen LogP contribution >= 0.6 is 11.3 Å². The van der Waals surface area contributed by atoms with E-state index in [-0.39, 0.29) is 11.6 Å². The number of nitro benzene ring substituents is 1. The van der Waals surface area contributed by atoms with Gasteiger partial charge in [-0.15, -0.1) is 11.3 Å². The van der Waals surface area contributed by atoms with E-state index in [1.807, 2.05) is 37.3 Å². The van der Waals surface area contributed by atoms with Crippen molar-refractivity contribution in [3.63, 3.8) is 0 Å². The van der Waals surface area contributed by atoms with E-state index in [1.54, 1.807) is 18.2 Å². The van der Waals surface area contributed by atoms with Gasteiger partial charge < -0.3 is 10.6 Å². The summed E-state index contributed by atoms with van der Waals surface area (Å²) in [6.07, 6.45) is 0. The van der Waals surface area contributed by atoms with E-state index in [2.05, 4.69) is 15.6 Å². The molecule has 0 aliphatic rings. The van der Waals surface area contributed by atoms with Gasteiger partial charge in [0.1, 0.15) is 15.6 Å². The first-order chi connectivity index (χ1) is 13.1. The molecule has 2 aromatic carbocycles. The lowest BCUT2D eigenvalue weighted by molar-refractivity contribution is -0.384. The van der Waals surface area contributed by atoms with Gasteiger partial charge in [0.2, 0.25) is 0 Å². The quantitative estimate of drug-likeness (QED) is 0.367. The van der Waals surface area contributed by atoms with Crippen LogP contribution in [0.15, 0.2) is 54.6 Å². The van der Waals surface area contributed by atoms with Gasteiger partial charge >= 0.3 is 0 Å². The second kappa shape index (κ2) is 8.41. The van der Waals surface area contributed by atoms with E-state index in [0.717, 1.165) is 10.6 Å². The largest absolute Gasteiger partial charge is 0.378 e. The van der Waals surface area contributed by atoms with Gasteiger partial charge in [-0.1, -0.05) is 42.5 Å². The van der Waals surface area contributed by atoms with Crippen molar-refractivity contribution in [2.45, 2.75) is 6.92 Å². The summed E-state index contributed by atoms with van der Waals surface area (Å²) in [5, 5.41) is 17.6. The summed E-state index contributed by atoms with van der Waals surface area (Å²) >= 11 is 1.35. The van der Waals surface area contributed by atoms with Gasteiger partial charge in [-0.05, 0) is 13.0 Å². The number of nitro groups is 1. The number of hydrogen-bond acceptors (Lipinski definition) is 6. The zero-order valence-corrected chi connectivity index (χ0v) is 15.5. The fourth-order valence-electron chi connectivity index (χ4n) is 2.55. The summed E-state index contributed by atoms with van der Waals surface area (Å²) in [5.74, 6) is -0.198. The third-order valence-electron chi connectivity index (χ3n) is 3.85. The van der Waals surface area contributed by atoms with Gasteiger partial charge in [-0.3, -0.25) is 14.9 Å². The number of hydrogen-bond donors (Lipinski definition) is 2. The third-order valence-corrected chi connectivity index (χ3v) is 5.06. The molecule has 0 radical (unpaired) electrons. The van der Waals surface area contributed by atoms with Gasteiger partial charge in [0.25, 0.3) is 11.6 Å². The molecular formula is C19H18N4O3S. The summed E-state index contributed by atoms with van der Waals surface area (Å²) < 4.78 is 0. The predicted molar refractivity (Wildman–Crippen MR) is 106 cm³/mol. The van der Waals surface area contributed by atoms with E-state index in [1.165, 1.54) is 17.4 Å². The summed E-state index contributed by atoms with van der Waals surface area (Å²) in [4.78, 5) is 28.0. The lowest BCUT2D eigenvalue weighted by Gasteiger charge is -2.08. The molecule has 138 valence electrons. The molecule has 3 rings (SSSR count). The van der Waals surface area contributed by atoms with Crippen LogP contribution in [0.2, 0.25) is 0 Å². The SMILES string of the molecule is Cc1nc(-c2ccccc2)sc1C(=O)NCCNc1ccccc1[N+](=O)[O-]. The van der Waals surface area contributed by atoms with Crippen LogP contribution in [0.4, 0.5) is 11.4 Å². The smallest absolute Gasteiger partial charge is 0.292 e. The molecule has 2 N–H and O–H groups in total. The Morgan fingerprint density at radius 1 is 1.11 bits per heavy atom. The summed E-state index contributed by atoms with van der Waals surface area (Å²) in [5.41, 5.74) is 2.09. The van der Waals surface area contributed by atoms with Crippen LogP contribution in [0.25, 0.3) is 10.6 Å². The van der Waals surface area contributed by atoms with Crippen molar-refractivity contribution < 1.29 is 9.72 Å². The highest BCUT2D eigenvalue weighted by Crippen LogP contribution is 2.27. The first-order valence-corrected chi connectivity index (χ1v) is 9.16. The Morgan fingerprint density at radius 2 is 1.81 bits per heavy atom. The number of rotatable bonds is 7. The molecule has 0 saturated carbocycles. The number of amides is 1. The number of benzene rings is 2. The van der Waals surface area contributed by atoms with Crippen LogP contribution in [0, 0.1) is 17.0 Å². The molecule has 1 aromatic heterocycles. The van der Waals surface area contributed by atoms with Gasteiger partial charge in [0.05, 0.1) is 10.6 Å². The lowest BCUT2D eigenvalue weighted by atomic mass is 10.2. The molecule has 8 heteroatoms. The fraction of sp³-hybridized carbons (Fsp3) is 0.158. The Morgan fingerprint density at radius 3 is 2.56 bits per heavy atom. The molecule has 27 heavy (non-hydrogen) atoms. The van der Waals surface area contributed by atoms with Crippen molar-refractivity contribution in [1.82, 2.24) is 10.3 Å². The monoisotopic (exact) mass is 382 g/mol. The van der Waals surface area contributed by atoms with Gasteiger partial charge in [-0.2, -0.15) is 0 Å². The van der Waals surface area contributed by atoms with E-state index in [0.29, 0.717) is 29.3 Å². The van der Waals surface area contributed by atoms with Crippen molar-refractivity contribution in [3.8, 4) is 10.6 Å². The van der Waals surface area contributed by atoms with Gasteiger partial charge in [-0.25, -0.2) is 4.98 Å². The van der Waals surface area contributed by atoms with Gasteiger partial charge in [0.15, 0.2) is 0 Å². The number of para-hydroxylation sites is 2. The van der Waals surface area contributed by atoms with Crippen LogP contribution in [0.5, 0.6) is 0 Å². The van der Waals surface area contributed by atoms with E-state index in [4.69, 9.17) is 0 Å². The van der Waals surface area contributed by atoms with Crippen molar-refractivity contribution in [2.75, 3.05) is 18.4 Å². The molecule has 1 heterocycles. The lowest BCUT2D eigenvalue weighted by Crippen LogP contribution is -2.28. The standard InChI is InChI=1S/C19H18N4O3S/c1-13-17(27-19(22-13)14-7-3-2-4-8-14)18(24)21-12-11-20-15-9-5-6-10-16(15)23(25)26/h2-10,20H,11-12H2,1H3,(H,21,24). The average molecular weight is 382 g/mol. The zero-order chi connectivity index (χ0) is 19.2. The number of nitrogens with one attached hydrogen (secondary N) is 2. The number of thiazole rings is 1. The van der Waals surface area contributed by atoms with Crippen molar-refractivity contribution in [1.29, 1.82) is 0 Å². The van der Waals surface area contributed by atoms with Crippen LogP contribution < -0.4 is 10.6 Å². The Hall–Kier alpha value is -3.26. The molecule has 0 unspecified atom stereocenters. The number of aryl methyl sites for hydroxylation is 1. The summed E-state index contributed by atoms with van der Waals surface area (Å²) in [7, 11) is 0. The zero-order valence-electron chi connectivity index (χ0n) is 14.6. The van der Waals surface area contributed by atoms with Crippen LogP contribution in [0.1, 0.15) is 15.4 Å². The predicted octanol–water partition coefficient (Wildman–Crippen LogP) is 3.87. The Labute approximate surface area is 160 Å². The third kappa shape index (κ3) is 4.48. The van der Waals surface area contributed by atoms with Crippen LogP contribution in [0.3, 0.4) is 0 Å². The highest BCUT2D eigenvalue weighted by molar-refractivity contribution is 7.17. The number of anilines is 1. The Balaban J connectivity index is 1.58. The van der Waals surface area contributed by atoms with E-state index >= 15 is 0 Å².